The quantitative estimate of drug-likeness (QED) is 0.0192. The van der Waals surface area contributed by atoms with Gasteiger partial charge in [-0.05, 0) is 12.8 Å². The predicted octanol–water partition coefficient (Wildman–Crippen LogP) is 16.0. The van der Waals surface area contributed by atoms with Crippen molar-refractivity contribution >= 4 is 13.8 Å². The molecule has 0 aliphatic heterocycles. The van der Waals surface area contributed by atoms with E-state index in [2.05, 4.69) is 13.8 Å². The molecule has 442 valence electrons. The van der Waals surface area contributed by atoms with E-state index >= 15 is 0 Å². The lowest BCUT2D eigenvalue weighted by Gasteiger charge is -2.41. The molecule has 0 aromatic heterocycles. The molecule has 1 fully saturated rings. The zero-order chi connectivity index (χ0) is 54.0. The number of carbonyl (C=O) groups excluding carboxylic acids is 1. The van der Waals surface area contributed by atoms with E-state index < -0.39 is 63.1 Å². The van der Waals surface area contributed by atoms with Gasteiger partial charge in [-0.1, -0.05) is 303 Å². The fourth-order valence-electron chi connectivity index (χ4n) is 10.5. The van der Waals surface area contributed by atoms with Gasteiger partial charge in [0.25, 0.3) is 0 Å². The van der Waals surface area contributed by atoms with Crippen LogP contribution in [0.25, 0.3) is 0 Å². The number of phosphoric ester groups is 1. The lowest BCUT2D eigenvalue weighted by Crippen LogP contribution is -2.64. The number of aliphatic hydroxyl groups is 5. The van der Waals surface area contributed by atoms with Gasteiger partial charge >= 0.3 is 13.8 Å². The van der Waals surface area contributed by atoms with Crippen molar-refractivity contribution in [2.75, 3.05) is 19.8 Å². The average Bonchev–Trinajstić information content (AvgIpc) is 3.39. The van der Waals surface area contributed by atoms with Crippen LogP contribution in [0.1, 0.15) is 322 Å². The Kier molecular flexibility index (Phi) is 49.9. The summed E-state index contributed by atoms with van der Waals surface area (Å²) in [4.78, 5) is 23.4. The lowest BCUT2D eigenvalue weighted by molar-refractivity contribution is -0.220. The van der Waals surface area contributed by atoms with Crippen LogP contribution in [-0.4, -0.2) is 98.9 Å². The van der Waals surface area contributed by atoms with Crippen molar-refractivity contribution in [1.29, 1.82) is 0 Å². The van der Waals surface area contributed by atoms with Crippen molar-refractivity contribution in [2.24, 2.45) is 0 Å². The van der Waals surface area contributed by atoms with Crippen molar-refractivity contribution < 1.29 is 58.3 Å². The van der Waals surface area contributed by atoms with Crippen molar-refractivity contribution in [3.05, 3.63) is 0 Å². The van der Waals surface area contributed by atoms with Crippen LogP contribution in [-0.2, 0) is 27.9 Å². The predicted molar refractivity (Wildman–Crippen MR) is 304 cm³/mol. The molecule has 13 heteroatoms. The van der Waals surface area contributed by atoms with Gasteiger partial charge in [-0.3, -0.25) is 13.8 Å². The molecule has 6 unspecified atom stereocenters. The van der Waals surface area contributed by atoms with E-state index in [1.54, 1.807) is 0 Å². The molecule has 0 heterocycles. The van der Waals surface area contributed by atoms with E-state index in [0.29, 0.717) is 13.0 Å². The largest absolute Gasteiger partial charge is 0.472 e. The number of unbranched alkanes of at least 4 members (excludes halogenated alkanes) is 45. The first-order valence-electron chi connectivity index (χ1n) is 31.9. The summed E-state index contributed by atoms with van der Waals surface area (Å²) in [6, 6.07) is 0. The Bertz CT molecular complexity index is 1230. The number of hydrogen-bond acceptors (Lipinski definition) is 11. The molecule has 0 amide bonds. The number of ether oxygens (including phenoxy) is 2. The van der Waals surface area contributed by atoms with Crippen molar-refractivity contribution in [3.8, 4) is 0 Å². The number of rotatable bonds is 57. The van der Waals surface area contributed by atoms with E-state index in [-0.39, 0.29) is 13.0 Å². The summed E-state index contributed by atoms with van der Waals surface area (Å²) in [6.07, 6.45) is 49.0. The van der Waals surface area contributed by atoms with Crippen LogP contribution in [0.3, 0.4) is 0 Å². The topological polar surface area (TPSA) is 192 Å². The van der Waals surface area contributed by atoms with E-state index in [1.807, 2.05) is 0 Å². The highest BCUT2D eigenvalue weighted by molar-refractivity contribution is 7.47. The number of phosphoric acid groups is 1. The van der Waals surface area contributed by atoms with E-state index in [0.717, 1.165) is 38.5 Å². The highest BCUT2D eigenvalue weighted by Gasteiger charge is 2.51. The van der Waals surface area contributed by atoms with E-state index in [4.69, 9.17) is 18.5 Å². The van der Waals surface area contributed by atoms with Crippen molar-refractivity contribution in [2.45, 2.75) is 365 Å². The second kappa shape index (κ2) is 51.8. The Morgan fingerprint density at radius 1 is 0.378 bits per heavy atom. The molecular formula is C61H121O12P. The molecule has 0 spiro atoms. The maximum atomic E-state index is 12.9. The van der Waals surface area contributed by atoms with Gasteiger partial charge in [-0.15, -0.1) is 0 Å². The summed E-state index contributed by atoms with van der Waals surface area (Å²) < 4.78 is 34.5. The second-order valence-corrected chi connectivity index (χ2v) is 24.0. The van der Waals surface area contributed by atoms with Crippen molar-refractivity contribution in [1.82, 2.24) is 0 Å². The normalized spacial score (nSPS) is 20.3. The fourth-order valence-corrected chi connectivity index (χ4v) is 11.5. The van der Waals surface area contributed by atoms with Gasteiger partial charge < -0.3 is 39.9 Å². The highest BCUT2D eigenvalue weighted by Crippen LogP contribution is 2.47. The molecule has 0 aromatic carbocycles. The summed E-state index contributed by atoms with van der Waals surface area (Å²) in [5.74, 6) is -0.465. The maximum absolute atomic E-state index is 12.9. The van der Waals surface area contributed by atoms with Crippen LogP contribution < -0.4 is 0 Å². The van der Waals surface area contributed by atoms with Gasteiger partial charge in [-0.2, -0.15) is 0 Å². The van der Waals surface area contributed by atoms with Crippen LogP contribution in [0.5, 0.6) is 0 Å². The minimum absolute atomic E-state index is 0.0668. The summed E-state index contributed by atoms with van der Waals surface area (Å²) in [5.41, 5.74) is 0. The molecule has 0 aromatic rings. The molecule has 6 N–H and O–H groups in total. The van der Waals surface area contributed by atoms with Gasteiger partial charge in [0, 0.05) is 13.0 Å². The first kappa shape index (κ1) is 71.4. The molecule has 1 rings (SSSR count). The maximum Gasteiger partial charge on any atom is 0.472 e. The Labute approximate surface area is 455 Å². The average molecular weight is 1080 g/mol. The Morgan fingerprint density at radius 3 is 0.932 bits per heavy atom. The Morgan fingerprint density at radius 2 is 0.635 bits per heavy atom. The number of esters is 1. The second-order valence-electron chi connectivity index (χ2n) is 22.6. The lowest BCUT2D eigenvalue weighted by atomic mass is 9.85. The highest BCUT2D eigenvalue weighted by atomic mass is 31.2. The minimum atomic E-state index is -5.02. The standard InChI is InChI=1S/C61H121O12P/c1-3-5-7-9-11-13-15-17-19-21-23-25-26-27-28-29-30-31-32-34-36-38-40-42-44-46-48-50-55(62)72-54(53-71-74(68,69)73-61-59(66)57(64)56(63)58(65)60(61)67)52-70-51-49-47-45-43-41-39-37-35-33-24-22-20-18-16-14-12-10-8-6-4-2/h54,56-61,63-67H,3-53H2,1-2H3,(H,68,69)/t54-,56?,57-,58?,59?,60?,61?/m1/s1. The van der Waals surface area contributed by atoms with Crippen LogP contribution in [0.2, 0.25) is 0 Å². The third-order valence-electron chi connectivity index (χ3n) is 15.5. The molecule has 0 radical (unpaired) electrons. The zero-order valence-corrected chi connectivity index (χ0v) is 49.1. The van der Waals surface area contributed by atoms with Crippen LogP contribution in [0.4, 0.5) is 0 Å². The Hall–Kier alpha value is -0.660. The van der Waals surface area contributed by atoms with Crippen LogP contribution in [0, 0.1) is 0 Å². The first-order valence-corrected chi connectivity index (χ1v) is 33.4. The molecule has 8 atom stereocenters. The molecule has 1 aliphatic rings. The van der Waals surface area contributed by atoms with Crippen LogP contribution in [0.15, 0.2) is 0 Å². The molecule has 1 saturated carbocycles. The zero-order valence-electron chi connectivity index (χ0n) is 48.2. The van der Waals surface area contributed by atoms with Crippen LogP contribution >= 0.6 is 7.82 Å². The van der Waals surface area contributed by atoms with E-state index in [9.17, 15) is 39.8 Å². The number of hydrogen-bond donors (Lipinski definition) is 6. The molecule has 0 saturated heterocycles. The molecule has 74 heavy (non-hydrogen) atoms. The first-order chi connectivity index (χ1) is 36.0. The van der Waals surface area contributed by atoms with Gasteiger partial charge in [0.2, 0.25) is 0 Å². The monoisotopic (exact) mass is 1080 g/mol. The number of carbonyl (C=O) groups is 1. The molecule has 0 bridgehead atoms. The molecular weight excluding hydrogens is 956 g/mol. The smallest absolute Gasteiger partial charge is 0.457 e. The summed E-state index contributed by atoms with van der Waals surface area (Å²) in [7, 11) is -5.02. The number of aliphatic hydroxyl groups excluding tert-OH is 5. The van der Waals surface area contributed by atoms with Gasteiger partial charge in [0.05, 0.1) is 13.2 Å². The fraction of sp³-hybridized carbons (Fsp3) is 0.984. The SMILES string of the molecule is CCCCCCCCCCCCCCCCCCCCCCCCCCCCCC(=O)O[C@H](COCCCCCCCCCCCCCCCCCCCCCC)COP(=O)(O)OC1C(O)C(O)C(O)[C@@H](O)C1O. The van der Waals surface area contributed by atoms with Gasteiger partial charge in [-0.25, -0.2) is 4.57 Å². The third kappa shape index (κ3) is 42.3. The third-order valence-corrected chi connectivity index (χ3v) is 16.5. The summed E-state index contributed by atoms with van der Waals surface area (Å²) in [5, 5.41) is 50.5. The van der Waals surface area contributed by atoms with Gasteiger partial charge in [0.1, 0.15) is 42.7 Å². The molecule has 1 aliphatic carbocycles. The summed E-state index contributed by atoms with van der Waals surface area (Å²) in [6.45, 7) is 4.36. The summed E-state index contributed by atoms with van der Waals surface area (Å²) >= 11 is 0. The molecule has 12 nitrogen and oxygen atoms in total. The van der Waals surface area contributed by atoms with Crippen molar-refractivity contribution in [3.63, 3.8) is 0 Å². The Balaban J connectivity index is 2.20. The van der Waals surface area contributed by atoms with Gasteiger partial charge in [0.15, 0.2) is 0 Å². The van der Waals surface area contributed by atoms with E-state index in [1.165, 1.54) is 257 Å². The minimum Gasteiger partial charge on any atom is -0.457 e.